The Bertz CT molecular complexity index is 800. The van der Waals surface area contributed by atoms with Crippen molar-refractivity contribution in [1.29, 1.82) is 0 Å². The molecule has 0 radical (unpaired) electrons. The molecule has 0 aliphatic heterocycles. The monoisotopic (exact) mass is 379 g/mol. The first-order chi connectivity index (χ1) is 13.8. The van der Waals surface area contributed by atoms with Crippen LogP contribution in [0.4, 0.5) is 5.69 Å². The van der Waals surface area contributed by atoms with Crippen molar-refractivity contribution < 1.29 is 9.53 Å². The van der Waals surface area contributed by atoms with Crippen LogP contribution >= 0.6 is 0 Å². The van der Waals surface area contributed by atoms with Crippen LogP contribution in [0.25, 0.3) is 0 Å². The maximum atomic E-state index is 12.2. The maximum Gasteiger partial charge on any atom is 0.269 e. The summed E-state index contributed by atoms with van der Waals surface area (Å²) in [5.41, 5.74) is 3.98. The molecule has 3 rings (SSSR count). The van der Waals surface area contributed by atoms with E-state index in [2.05, 4.69) is 27.8 Å². The van der Waals surface area contributed by atoms with Crippen LogP contribution in [-0.4, -0.2) is 31.1 Å². The van der Waals surface area contributed by atoms with E-state index in [-0.39, 0.29) is 5.91 Å². The number of anilines is 1. The van der Waals surface area contributed by atoms with E-state index in [1.807, 2.05) is 24.3 Å². The lowest BCUT2D eigenvalue weighted by molar-refractivity contribution is 0.0949. The van der Waals surface area contributed by atoms with Gasteiger partial charge in [-0.05, 0) is 62.3 Å². The van der Waals surface area contributed by atoms with Gasteiger partial charge in [0.1, 0.15) is 11.4 Å². The standard InChI is InChI=1S/C23H29N3O2/c1-28-22-10-6-5-9-19(22)14-16-24-20-11-12-21(26-17-20)23(27)25-15-13-18-7-3-2-4-8-18/h5-7,9-12,17,24H,2-4,8,13-16H2,1H3,(H,25,27). The van der Waals surface area contributed by atoms with Crippen LogP contribution in [0, 0.1) is 0 Å². The fourth-order valence-electron chi connectivity index (χ4n) is 3.44. The molecule has 0 bridgehead atoms. The number of aromatic nitrogens is 1. The molecule has 0 fully saturated rings. The third-order valence-corrected chi connectivity index (χ3v) is 5.03. The fourth-order valence-corrected chi connectivity index (χ4v) is 3.44. The van der Waals surface area contributed by atoms with Gasteiger partial charge in [0.25, 0.3) is 5.91 Å². The smallest absolute Gasteiger partial charge is 0.269 e. The van der Waals surface area contributed by atoms with Gasteiger partial charge in [-0.3, -0.25) is 4.79 Å². The minimum atomic E-state index is -0.114. The van der Waals surface area contributed by atoms with Crippen LogP contribution in [0.1, 0.15) is 48.2 Å². The van der Waals surface area contributed by atoms with Crippen LogP contribution in [0.15, 0.2) is 54.2 Å². The topological polar surface area (TPSA) is 63.2 Å². The molecule has 148 valence electrons. The van der Waals surface area contributed by atoms with Gasteiger partial charge >= 0.3 is 0 Å². The van der Waals surface area contributed by atoms with E-state index >= 15 is 0 Å². The second kappa shape index (κ2) is 10.5. The Labute approximate surface area is 167 Å². The summed E-state index contributed by atoms with van der Waals surface area (Å²) in [6, 6.07) is 11.7. The molecular formula is C23H29N3O2. The molecule has 2 aromatic rings. The third kappa shape index (κ3) is 5.84. The zero-order chi connectivity index (χ0) is 19.6. The van der Waals surface area contributed by atoms with Crippen molar-refractivity contribution in [3.05, 3.63) is 65.5 Å². The van der Waals surface area contributed by atoms with Crippen molar-refractivity contribution in [1.82, 2.24) is 10.3 Å². The van der Waals surface area contributed by atoms with Gasteiger partial charge in [-0.2, -0.15) is 0 Å². The lowest BCUT2D eigenvalue weighted by Crippen LogP contribution is -2.25. The van der Waals surface area contributed by atoms with Gasteiger partial charge < -0.3 is 15.4 Å². The van der Waals surface area contributed by atoms with Gasteiger partial charge in [0.15, 0.2) is 0 Å². The number of nitrogens with one attached hydrogen (secondary N) is 2. The van der Waals surface area contributed by atoms with Gasteiger partial charge in [0.05, 0.1) is 19.0 Å². The van der Waals surface area contributed by atoms with Crippen molar-refractivity contribution >= 4 is 11.6 Å². The van der Waals surface area contributed by atoms with Gasteiger partial charge in [0.2, 0.25) is 0 Å². The average molecular weight is 380 g/mol. The highest BCUT2D eigenvalue weighted by atomic mass is 16.5. The number of rotatable bonds is 9. The van der Waals surface area contributed by atoms with Gasteiger partial charge in [-0.1, -0.05) is 29.8 Å². The number of para-hydroxylation sites is 1. The summed E-state index contributed by atoms with van der Waals surface area (Å²) in [5.74, 6) is 0.787. The molecule has 0 saturated carbocycles. The van der Waals surface area contributed by atoms with E-state index in [0.717, 1.165) is 36.4 Å². The zero-order valence-electron chi connectivity index (χ0n) is 16.5. The molecular weight excluding hydrogens is 350 g/mol. The van der Waals surface area contributed by atoms with Crippen LogP contribution in [-0.2, 0) is 6.42 Å². The highest BCUT2D eigenvalue weighted by molar-refractivity contribution is 5.92. The average Bonchev–Trinajstić information content (AvgIpc) is 2.75. The lowest BCUT2D eigenvalue weighted by atomic mass is 9.97. The summed E-state index contributed by atoms with van der Waals surface area (Å²) >= 11 is 0. The van der Waals surface area contributed by atoms with Crippen LogP contribution in [0.2, 0.25) is 0 Å². The number of methoxy groups -OCH3 is 1. The largest absolute Gasteiger partial charge is 0.496 e. The highest BCUT2D eigenvalue weighted by Crippen LogP contribution is 2.20. The first-order valence-electron chi connectivity index (χ1n) is 10.0. The number of nitrogens with zero attached hydrogens (tertiary/aromatic N) is 1. The number of carbonyl (C=O) groups excluding carboxylic acids is 1. The first kappa shape index (κ1) is 19.9. The Morgan fingerprint density at radius 3 is 2.75 bits per heavy atom. The number of amides is 1. The summed E-state index contributed by atoms with van der Waals surface area (Å²) in [6.45, 7) is 1.44. The van der Waals surface area contributed by atoms with Crippen molar-refractivity contribution in [3.8, 4) is 5.75 Å². The van der Waals surface area contributed by atoms with Gasteiger partial charge in [0, 0.05) is 13.1 Å². The van der Waals surface area contributed by atoms with E-state index < -0.39 is 0 Å². The fraction of sp³-hybridized carbons (Fsp3) is 0.391. The van der Waals surface area contributed by atoms with E-state index in [4.69, 9.17) is 4.74 Å². The van der Waals surface area contributed by atoms with Crippen LogP contribution < -0.4 is 15.4 Å². The Kier molecular flexibility index (Phi) is 7.47. The summed E-state index contributed by atoms with van der Waals surface area (Å²) in [7, 11) is 1.69. The van der Waals surface area contributed by atoms with Gasteiger partial charge in [-0.15, -0.1) is 0 Å². The van der Waals surface area contributed by atoms with E-state index in [1.54, 1.807) is 19.4 Å². The summed E-state index contributed by atoms with van der Waals surface area (Å²) in [6.07, 6.45) is 10.7. The Balaban J connectivity index is 1.42. The second-order valence-corrected chi connectivity index (χ2v) is 7.03. The third-order valence-electron chi connectivity index (χ3n) is 5.03. The number of hydrogen-bond donors (Lipinski definition) is 2. The number of pyridine rings is 1. The molecule has 28 heavy (non-hydrogen) atoms. The predicted molar refractivity (Wildman–Crippen MR) is 113 cm³/mol. The molecule has 5 heteroatoms. The van der Waals surface area contributed by atoms with E-state index in [9.17, 15) is 4.79 Å². The second-order valence-electron chi connectivity index (χ2n) is 7.03. The molecule has 0 saturated heterocycles. The van der Waals surface area contributed by atoms with Crippen LogP contribution in [0.5, 0.6) is 5.75 Å². The number of allylic oxidation sites excluding steroid dienone is 1. The Morgan fingerprint density at radius 2 is 2.00 bits per heavy atom. The van der Waals surface area contributed by atoms with Gasteiger partial charge in [-0.25, -0.2) is 4.98 Å². The van der Waals surface area contributed by atoms with E-state index in [1.165, 1.54) is 31.3 Å². The van der Waals surface area contributed by atoms with Crippen molar-refractivity contribution in [2.75, 3.05) is 25.5 Å². The maximum absolute atomic E-state index is 12.2. The molecule has 1 aromatic carbocycles. The normalized spacial score (nSPS) is 13.5. The molecule has 0 unspecified atom stereocenters. The minimum absolute atomic E-state index is 0.114. The molecule has 1 amide bonds. The Morgan fingerprint density at radius 1 is 1.11 bits per heavy atom. The molecule has 1 aliphatic carbocycles. The van der Waals surface area contributed by atoms with Crippen molar-refractivity contribution in [3.63, 3.8) is 0 Å². The minimum Gasteiger partial charge on any atom is -0.496 e. The first-order valence-corrected chi connectivity index (χ1v) is 10.0. The van der Waals surface area contributed by atoms with Crippen LogP contribution in [0.3, 0.4) is 0 Å². The lowest BCUT2D eigenvalue weighted by Gasteiger charge is -2.13. The number of hydrogen-bond acceptors (Lipinski definition) is 4. The zero-order valence-corrected chi connectivity index (χ0v) is 16.5. The summed E-state index contributed by atoms with van der Waals surface area (Å²) < 4.78 is 5.37. The number of carbonyl (C=O) groups is 1. The SMILES string of the molecule is COc1ccccc1CCNc1ccc(C(=O)NCCC2=CCCCC2)nc1. The molecule has 1 aromatic heterocycles. The Hall–Kier alpha value is -2.82. The molecule has 0 atom stereocenters. The number of ether oxygens (including phenoxy) is 1. The highest BCUT2D eigenvalue weighted by Gasteiger charge is 2.08. The molecule has 1 heterocycles. The number of benzene rings is 1. The summed E-state index contributed by atoms with van der Waals surface area (Å²) in [5, 5.41) is 6.31. The van der Waals surface area contributed by atoms with E-state index in [0.29, 0.717) is 12.2 Å². The molecule has 2 N–H and O–H groups in total. The molecule has 1 aliphatic rings. The predicted octanol–water partition coefficient (Wildman–Crippen LogP) is 4.37. The molecule has 0 spiro atoms. The van der Waals surface area contributed by atoms with Crippen molar-refractivity contribution in [2.45, 2.75) is 38.5 Å². The summed E-state index contributed by atoms with van der Waals surface area (Å²) in [4.78, 5) is 16.5. The van der Waals surface area contributed by atoms with Crippen molar-refractivity contribution in [2.24, 2.45) is 0 Å². The molecule has 5 nitrogen and oxygen atoms in total. The quantitative estimate of drug-likeness (QED) is 0.635.